The molecule has 172 valence electrons. The van der Waals surface area contributed by atoms with Gasteiger partial charge in [0.2, 0.25) is 0 Å². The number of aromatic nitrogens is 4. The van der Waals surface area contributed by atoms with Crippen molar-refractivity contribution < 1.29 is 18.3 Å². The summed E-state index contributed by atoms with van der Waals surface area (Å²) in [6.07, 6.45) is 8.74. The van der Waals surface area contributed by atoms with Crippen LogP contribution in [0.1, 0.15) is 0 Å². The molecular weight excluding hydrogens is 501 g/mol. The minimum Gasteiger partial charge on any atom is -0.480 e. The lowest BCUT2D eigenvalue weighted by Crippen LogP contribution is -2.35. The van der Waals surface area contributed by atoms with E-state index in [0.717, 1.165) is 9.82 Å². The van der Waals surface area contributed by atoms with E-state index in [-0.39, 0.29) is 20.6 Å². The van der Waals surface area contributed by atoms with E-state index in [4.69, 9.17) is 23.2 Å². The maximum atomic E-state index is 13.4. The fraction of sp³-hybridized carbons (Fsp3) is 0.0455. The molecule has 0 fully saturated rings. The van der Waals surface area contributed by atoms with E-state index in [9.17, 15) is 18.3 Å². The quantitative estimate of drug-likeness (QED) is 0.361. The number of fused-ring (bicyclic) bond motifs is 2. The van der Waals surface area contributed by atoms with Crippen LogP contribution in [0.3, 0.4) is 0 Å². The average Bonchev–Trinajstić information content (AvgIpc) is 3.42. The summed E-state index contributed by atoms with van der Waals surface area (Å²) in [6, 6.07) is 10.5. The van der Waals surface area contributed by atoms with Gasteiger partial charge in [0.1, 0.15) is 6.54 Å². The molecular formula is C22H15Cl2N5O4S. The second kappa shape index (κ2) is 8.32. The number of imidazole rings is 1. The number of anilines is 1. The van der Waals surface area contributed by atoms with E-state index in [1.165, 1.54) is 18.2 Å². The van der Waals surface area contributed by atoms with Gasteiger partial charge in [0.15, 0.2) is 11.5 Å². The summed E-state index contributed by atoms with van der Waals surface area (Å²) >= 11 is 12.0. The molecule has 0 bridgehead atoms. The average molecular weight is 516 g/mol. The molecule has 34 heavy (non-hydrogen) atoms. The SMILES string of the molecule is O=C(O)CN(c1ccc2c(ccn2-c2cn3ccnc3cn2)c1)S(=O)(=O)c1cc(Cl)cc(Cl)c1. The molecule has 5 rings (SSSR count). The van der Waals surface area contributed by atoms with Gasteiger partial charge in [-0.2, -0.15) is 0 Å². The van der Waals surface area contributed by atoms with Crippen LogP contribution in [0.15, 0.2) is 78.3 Å². The molecule has 3 heterocycles. The number of halogens is 2. The molecule has 0 spiro atoms. The van der Waals surface area contributed by atoms with Gasteiger partial charge in [0.05, 0.1) is 28.5 Å². The first-order valence-corrected chi connectivity index (χ1v) is 12.0. The van der Waals surface area contributed by atoms with Crippen LogP contribution in [-0.2, 0) is 14.8 Å². The summed E-state index contributed by atoms with van der Waals surface area (Å²) in [6.45, 7) is -0.780. The van der Waals surface area contributed by atoms with Gasteiger partial charge in [-0.1, -0.05) is 23.2 Å². The second-order valence-electron chi connectivity index (χ2n) is 7.38. The third-order valence-corrected chi connectivity index (χ3v) is 7.37. The predicted octanol–water partition coefficient (Wildman–Crippen LogP) is 4.26. The zero-order chi connectivity index (χ0) is 24.0. The first-order valence-electron chi connectivity index (χ1n) is 9.83. The van der Waals surface area contributed by atoms with Gasteiger partial charge in [0, 0.05) is 34.0 Å². The van der Waals surface area contributed by atoms with Crippen molar-refractivity contribution in [2.24, 2.45) is 0 Å². The van der Waals surface area contributed by atoms with E-state index in [2.05, 4.69) is 9.97 Å². The lowest BCUT2D eigenvalue weighted by Gasteiger charge is -2.23. The number of carbonyl (C=O) groups is 1. The summed E-state index contributed by atoms with van der Waals surface area (Å²) in [7, 11) is -4.27. The van der Waals surface area contributed by atoms with Gasteiger partial charge in [-0.25, -0.2) is 18.4 Å². The molecule has 12 heteroatoms. The van der Waals surface area contributed by atoms with Gasteiger partial charge < -0.3 is 9.51 Å². The number of benzene rings is 2. The number of carboxylic acid groups (broad SMARTS) is 1. The Morgan fingerprint density at radius 1 is 1.03 bits per heavy atom. The minimum absolute atomic E-state index is 0.122. The van der Waals surface area contributed by atoms with Gasteiger partial charge in [-0.3, -0.25) is 13.7 Å². The maximum absolute atomic E-state index is 13.4. The maximum Gasteiger partial charge on any atom is 0.324 e. The van der Waals surface area contributed by atoms with E-state index < -0.39 is 22.5 Å². The summed E-state index contributed by atoms with van der Waals surface area (Å²) in [5, 5.41) is 10.4. The number of hydrogen-bond donors (Lipinski definition) is 1. The van der Waals surface area contributed by atoms with Crippen molar-refractivity contribution in [2.75, 3.05) is 10.8 Å². The lowest BCUT2D eigenvalue weighted by atomic mass is 10.2. The van der Waals surface area contributed by atoms with Crippen molar-refractivity contribution in [1.29, 1.82) is 0 Å². The molecule has 0 aliphatic rings. The molecule has 0 saturated carbocycles. The summed E-state index contributed by atoms with van der Waals surface area (Å²) in [5.74, 6) is -0.677. The van der Waals surface area contributed by atoms with Crippen LogP contribution < -0.4 is 4.31 Å². The topological polar surface area (TPSA) is 110 Å². The van der Waals surface area contributed by atoms with Crippen LogP contribution in [0.25, 0.3) is 22.4 Å². The van der Waals surface area contributed by atoms with Crippen molar-refractivity contribution in [3.8, 4) is 5.82 Å². The summed E-state index contributed by atoms with van der Waals surface area (Å²) in [5.41, 5.74) is 1.65. The van der Waals surface area contributed by atoms with Crippen LogP contribution in [0.2, 0.25) is 10.0 Å². The first-order chi connectivity index (χ1) is 16.2. The Labute approximate surface area is 203 Å². The Morgan fingerprint density at radius 2 is 1.79 bits per heavy atom. The van der Waals surface area contributed by atoms with Gasteiger partial charge in [-0.05, 0) is 42.5 Å². The molecule has 2 aromatic carbocycles. The molecule has 0 aliphatic heterocycles. The van der Waals surface area contributed by atoms with E-state index in [0.29, 0.717) is 16.9 Å². The lowest BCUT2D eigenvalue weighted by molar-refractivity contribution is -0.135. The van der Waals surface area contributed by atoms with E-state index in [1.807, 2.05) is 15.2 Å². The van der Waals surface area contributed by atoms with Gasteiger partial charge in [0.25, 0.3) is 10.0 Å². The van der Waals surface area contributed by atoms with Gasteiger partial charge >= 0.3 is 5.97 Å². The number of carboxylic acids is 1. The summed E-state index contributed by atoms with van der Waals surface area (Å²) in [4.78, 5) is 20.0. The highest BCUT2D eigenvalue weighted by Gasteiger charge is 2.28. The molecule has 0 atom stereocenters. The van der Waals surface area contributed by atoms with E-state index >= 15 is 0 Å². The number of aliphatic carboxylic acids is 1. The molecule has 5 aromatic rings. The zero-order valence-electron chi connectivity index (χ0n) is 17.2. The fourth-order valence-corrected chi connectivity index (χ4v) is 5.80. The molecule has 9 nitrogen and oxygen atoms in total. The fourth-order valence-electron chi connectivity index (χ4n) is 3.67. The van der Waals surface area contributed by atoms with Crippen LogP contribution in [-0.4, -0.2) is 45.0 Å². The third kappa shape index (κ3) is 3.96. The number of nitrogens with zero attached hydrogens (tertiary/aromatic N) is 5. The monoisotopic (exact) mass is 515 g/mol. The number of rotatable bonds is 6. The van der Waals surface area contributed by atoms with Crippen molar-refractivity contribution >= 4 is 61.4 Å². The molecule has 0 saturated heterocycles. The zero-order valence-corrected chi connectivity index (χ0v) is 19.5. The van der Waals surface area contributed by atoms with Crippen molar-refractivity contribution in [3.05, 3.63) is 83.5 Å². The number of hydrogen-bond acceptors (Lipinski definition) is 5. The normalized spacial score (nSPS) is 11.8. The van der Waals surface area contributed by atoms with Crippen molar-refractivity contribution in [1.82, 2.24) is 18.9 Å². The van der Waals surface area contributed by atoms with Crippen LogP contribution >= 0.6 is 23.2 Å². The van der Waals surface area contributed by atoms with Crippen LogP contribution in [0.4, 0.5) is 5.69 Å². The van der Waals surface area contributed by atoms with E-state index in [1.54, 1.807) is 49.1 Å². The van der Waals surface area contributed by atoms with Crippen LogP contribution in [0.5, 0.6) is 0 Å². The Kier molecular flexibility index (Phi) is 5.43. The highest BCUT2D eigenvalue weighted by Crippen LogP contribution is 2.31. The predicted molar refractivity (Wildman–Crippen MR) is 128 cm³/mol. The first kappa shape index (κ1) is 22.2. The highest BCUT2D eigenvalue weighted by molar-refractivity contribution is 7.92. The second-order valence-corrected chi connectivity index (χ2v) is 10.1. The van der Waals surface area contributed by atoms with Gasteiger partial charge in [-0.15, -0.1) is 0 Å². The molecule has 0 amide bonds. The molecule has 0 unspecified atom stereocenters. The Balaban J connectivity index is 1.59. The smallest absolute Gasteiger partial charge is 0.324 e. The third-order valence-electron chi connectivity index (χ3n) is 5.18. The van der Waals surface area contributed by atoms with Crippen LogP contribution in [0, 0.1) is 0 Å². The molecule has 3 aromatic heterocycles. The molecule has 0 aliphatic carbocycles. The Morgan fingerprint density at radius 3 is 2.53 bits per heavy atom. The Hall–Kier alpha value is -3.60. The highest BCUT2D eigenvalue weighted by atomic mass is 35.5. The van der Waals surface area contributed by atoms with Crippen molar-refractivity contribution in [3.63, 3.8) is 0 Å². The Bertz CT molecular complexity index is 1660. The van der Waals surface area contributed by atoms with Crippen molar-refractivity contribution in [2.45, 2.75) is 4.90 Å². The molecule has 1 N–H and O–H groups in total. The minimum atomic E-state index is -4.27. The summed E-state index contributed by atoms with van der Waals surface area (Å²) < 4.78 is 31.2. The standard InChI is InChI=1S/C22H15Cl2N5O4S/c23-15-8-16(24)10-18(9-15)34(32,33)29(13-22(30)31)17-1-2-19-14(7-17)3-5-28(19)21-12-27-6-4-25-20(27)11-26-21/h1-12H,13H2,(H,30,31). The number of sulfonamides is 1. The largest absolute Gasteiger partial charge is 0.480 e. The molecule has 0 radical (unpaired) electrons.